The van der Waals surface area contributed by atoms with E-state index >= 15 is 0 Å². The van der Waals surface area contributed by atoms with E-state index in [0.717, 1.165) is 24.4 Å². The summed E-state index contributed by atoms with van der Waals surface area (Å²) in [6.45, 7) is 8.27. The molecule has 1 aliphatic carbocycles. The van der Waals surface area contributed by atoms with E-state index in [1.54, 1.807) is 0 Å². The molecule has 4 unspecified atom stereocenters. The topological polar surface area (TPSA) is 15.3 Å². The molecule has 0 heterocycles. The standard InChI is InChI=1S/C14H30N2/c1-11-8-6-7-9-14(11)16(5)13(3)12(2)10-15-4/h11-15H,6-10H2,1-5H3. The van der Waals surface area contributed by atoms with Crippen molar-refractivity contribution in [2.24, 2.45) is 11.8 Å². The molecule has 0 radical (unpaired) electrons. The summed E-state index contributed by atoms with van der Waals surface area (Å²) in [6, 6.07) is 1.49. The van der Waals surface area contributed by atoms with Crippen LogP contribution in [0.2, 0.25) is 0 Å². The predicted octanol–water partition coefficient (Wildman–Crippen LogP) is 2.74. The van der Waals surface area contributed by atoms with Gasteiger partial charge in [-0.3, -0.25) is 0 Å². The molecule has 0 bridgehead atoms. The van der Waals surface area contributed by atoms with Crippen LogP contribution in [0, 0.1) is 11.8 Å². The zero-order valence-corrected chi connectivity index (χ0v) is 11.8. The van der Waals surface area contributed by atoms with Gasteiger partial charge in [-0.2, -0.15) is 0 Å². The molecule has 2 heteroatoms. The smallest absolute Gasteiger partial charge is 0.0121 e. The van der Waals surface area contributed by atoms with Crippen LogP contribution in [-0.2, 0) is 0 Å². The Balaban J connectivity index is 2.50. The van der Waals surface area contributed by atoms with Crippen LogP contribution in [0.5, 0.6) is 0 Å². The summed E-state index contributed by atoms with van der Waals surface area (Å²) in [7, 11) is 4.37. The van der Waals surface area contributed by atoms with Crippen molar-refractivity contribution in [2.75, 3.05) is 20.6 Å². The van der Waals surface area contributed by atoms with Gasteiger partial charge in [-0.25, -0.2) is 0 Å². The zero-order chi connectivity index (χ0) is 12.1. The lowest BCUT2D eigenvalue weighted by molar-refractivity contribution is 0.0794. The van der Waals surface area contributed by atoms with Gasteiger partial charge in [-0.05, 0) is 52.2 Å². The van der Waals surface area contributed by atoms with Gasteiger partial charge in [0.25, 0.3) is 0 Å². The summed E-state index contributed by atoms with van der Waals surface area (Å²) >= 11 is 0. The fraction of sp³-hybridized carbons (Fsp3) is 1.00. The summed E-state index contributed by atoms with van der Waals surface area (Å²) in [5.41, 5.74) is 0. The molecule has 0 amide bonds. The minimum absolute atomic E-state index is 0.679. The minimum Gasteiger partial charge on any atom is -0.319 e. The van der Waals surface area contributed by atoms with Crippen LogP contribution in [0.1, 0.15) is 46.5 Å². The average Bonchev–Trinajstić information content (AvgIpc) is 2.28. The summed E-state index contributed by atoms with van der Waals surface area (Å²) in [5.74, 6) is 1.60. The second-order valence-corrected chi connectivity index (χ2v) is 5.77. The first-order valence-electron chi connectivity index (χ1n) is 6.94. The van der Waals surface area contributed by atoms with Crippen molar-refractivity contribution in [3.63, 3.8) is 0 Å². The monoisotopic (exact) mass is 226 g/mol. The van der Waals surface area contributed by atoms with Crippen molar-refractivity contribution >= 4 is 0 Å². The maximum atomic E-state index is 3.29. The maximum absolute atomic E-state index is 3.29. The second kappa shape index (κ2) is 6.61. The average molecular weight is 226 g/mol. The Labute approximate surface area is 102 Å². The van der Waals surface area contributed by atoms with Gasteiger partial charge in [-0.15, -0.1) is 0 Å². The molecule has 1 fully saturated rings. The van der Waals surface area contributed by atoms with E-state index in [1.807, 2.05) is 7.05 Å². The SMILES string of the molecule is CNCC(C)C(C)N(C)C1CCCCC1C. The lowest BCUT2D eigenvalue weighted by Crippen LogP contribution is -2.47. The third-order valence-electron chi connectivity index (χ3n) is 4.58. The van der Waals surface area contributed by atoms with Crippen molar-refractivity contribution in [1.82, 2.24) is 10.2 Å². The van der Waals surface area contributed by atoms with Gasteiger partial charge in [-0.1, -0.05) is 26.7 Å². The molecular formula is C14H30N2. The molecule has 0 aromatic rings. The van der Waals surface area contributed by atoms with Crippen LogP contribution >= 0.6 is 0 Å². The van der Waals surface area contributed by atoms with Crippen LogP contribution in [0.4, 0.5) is 0 Å². The maximum Gasteiger partial charge on any atom is 0.0121 e. The fourth-order valence-electron chi connectivity index (χ4n) is 3.10. The highest BCUT2D eigenvalue weighted by Gasteiger charge is 2.29. The third kappa shape index (κ3) is 3.46. The Bertz CT molecular complexity index is 193. The third-order valence-corrected chi connectivity index (χ3v) is 4.58. The van der Waals surface area contributed by atoms with E-state index in [4.69, 9.17) is 0 Å². The molecule has 1 aliphatic rings. The van der Waals surface area contributed by atoms with Crippen LogP contribution in [0.25, 0.3) is 0 Å². The molecule has 0 spiro atoms. The number of nitrogens with zero attached hydrogens (tertiary/aromatic N) is 1. The van der Waals surface area contributed by atoms with Crippen molar-refractivity contribution < 1.29 is 0 Å². The first kappa shape index (κ1) is 14.0. The normalized spacial score (nSPS) is 30.4. The molecule has 0 aliphatic heterocycles. The van der Waals surface area contributed by atoms with Gasteiger partial charge in [0.1, 0.15) is 0 Å². The summed E-state index contributed by atoms with van der Waals surface area (Å²) < 4.78 is 0. The minimum atomic E-state index is 0.679. The highest BCUT2D eigenvalue weighted by molar-refractivity contribution is 4.84. The van der Waals surface area contributed by atoms with E-state index in [-0.39, 0.29) is 0 Å². The van der Waals surface area contributed by atoms with Crippen LogP contribution < -0.4 is 5.32 Å². The van der Waals surface area contributed by atoms with Crippen molar-refractivity contribution in [2.45, 2.75) is 58.5 Å². The number of rotatable bonds is 5. The zero-order valence-electron chi connectivity index (χ0n) is 11.8. The van der Waals surface area contributed by atoms with Crippen LogP contribution in [0.15, 0.2) is 0 Å². The molecule has 0 aromatic carbocycles. The molecule has 16 heavy (non-hydrogen) atoms. The highest BCUT2D eigenvalue weighted by Crippen LogP contribution is 2.29. The number of nitrogens with one attached hydrogen (secondary N) is 1. The first-order chi connectivity index (χ1) is 7.57. The Morgan fingerprint density at radius 3 is 2.44 bits per heavy atom. The molecule has 96 valence electrons. The largest absolute Gasteiger partial charge is 0.319 e. The van der Waals surface area contributed by atoms with E-state index in [2.05, 4.69) is 38.0 Å². The van der Waals surface area contributed by atoms with E-state index in [9.17, 15) is 0 Å². The summed E-state index contributed by atoms with van der Waals surface area (Å²) in [4.78, 5) is 2.63. The predicted molar refractivity (Wildman–Crippen MR) is 71.7 cm³/mol. The molecule has 1 saturated carbocycles. The van der Waals surface area contributed by atoms with Gasteiger partial charge in [0.15, 0.2) is 0 Å². The molecule has 1 N–H and O–H groups in total. The first-order valence-corrected chi connectivity index (χ1v) is 6.94. The van der Waals surface area contributed by atoms with E-state index in [0.29, 0.717) is 6.04 Å². The van der Waals surface area contributed by atoms with Gasteiger partial charge in [0, 0.05) is 12.1 Å². The Morgan fingerprint density at radius 2 is 1.88 bits per heavy atom. The van der Waals surface area contributed by atoms with E-state index < -0.39 is 0 Å². The fourth-order valence-corrected chi connectivity index (χ4v) is 3.10. The Kier molecular flexibility index (Phi) is 5.77. The van der Waals surface area contributed by atoms with E-state index in [1.165, 1.54) is 25.7 Å². The Morgan fingerprint density at radius 1 is 1.25 bits per heavy atom. The summed E-state index contributed by atoms with van der Waals surface area (Å²) in [5, 5.41) is 3.29. The lowest BCUT2D eigenvalue weighted by Gasteiger charge is -2.41. The van der Waals surface area contributed by atoms with Gasteiger partial charge in [0.05, 0.1) is 0 Å². The quantitative estimate of drug-likeness (QED) is 0.775. The highest BCUT2D eigenvalue weighted by atomic mass is 15.2. The van der Waals surface area contributed by atoms with Crippen LogP contribution in [-0.4, -0.2) is 37.6 Å². The molecule has 4 atom stereocenters. The van der Waals surface area contributed by atoms with Crippen molar-refractivity contribution in [3.05, 3.63) is 0 Å². The molecule has 0 aromatic heterocycles. The molecule has 1 rings (SSSR count). The Hall–Kier alpha value is -0.0800. The van der Waals surface area contributed by atoms with Gasteiger partial charge < -0.3 is 10.2 Å². The lowest BCUT2D eigenvalue weighted by atomic mass is 9.84. The van der Waals surface area contributed by atoms with Crippen LogP contribution in [0.3, 0.4) is 0 Å². The van der Waals surface area contributed by atoms with Gasteiger partial charge in [0.2, 0.25) is 0 Å². The molecule has 0 saturated heterocycles. The summed E-state index contributed by atoms with van der Waals surface area (Å²) in [6.07, 6.45) is 5.68. The van der Waals surface area contributed by atoms with Gasteiger partial charge >= 0.3 is 0 Å². The molecular weight excluding hydrogens is 196 g/mol. The number of hydrogen-bond donors (Lipinski definition) is 1. The van der Waals surface area contributed by atoms with Crippen molar-refractivity contribution in [1.29, 1.82) is 0 Å². The molecule has 2 nitrogen and oxygen atoms in total. The van der Waals surface area contributed by atoms with Crippen molar-refractivity contribution in [3.8, 4) is 0 Å². The second-order valence-electron chi connectivity index (χ2n) is 5.77. The number of hydrogen-bond acceptors (Lipinski definition) is 2.